The summed E-state index contributed by atoms with van der Waals surface area (Å²) in [5, 5.41) is 3.73. The molecule has 144 valence electrons. The number of nitrogens with one attached hydrogen (secondary N) is 1. The minimum Gasteiger partial charge on any atom is -0.318 e. The maximum absolute atomic E-state index is 13.4. The number of aromatic nitrogens is 1. The fourth-order valence-corrected chi connectivity index (χ4v) is 4.18. The van der Waals surface area contributed by atoms with Gasteiger partial charge in [0.25, 0.3) is 0 Å². The summed E-state index contributed by atoms with van der Waals surface area (Å²) < 4.78 is 2.21. The van der Waals surface area contributed by atoms with Crippen molar-refractivity contribution in [1.29, 1.82) is 0 Å². The molecule has 0 saturated heterocycles. The molecule has 2 aromatic carbocycles. The van der Waals surface area contributed by atoms with E-state index in [1.54, 1.807) is 0 Å². The lowest BCUT2D eigenvalue weighted by molar-refractivity contribution is 0.162. The number of fused-ring (bicyclic) bond motifs is 3. The number of benzene rings is 2. The molecule has 0 fully saturated rings. The van der Waals surface area contributed by atoms with Crippen LogP contribution in [0.15, 0.2) is 60.8 Å². The van der Waals surface area contributed by atoms with Crippen LogP contribution in [0.25, 0.3) is 5.69 Å². The molecule has 2 heterocycles. The molecule has 2 amide bonds. The number of anilines is 1. The number of hydrogen-bond acceptors (Lipinski definition) is 1. The van der Waals surface area contributed by atoms with Gasteiger partial charge in [-0.05, 0) is 54.3 Å². The van der Waals surface area contributed by atoms with Crippen LogP contribution in [-0.4, -0.2) is 15.5 Å². The molecule has 1 atom stereocenters. The van der Waals surface area contributed by atoms with Crippen molar-refractivity contribution in [3.8, 4) is 5.69 Å². The number of carbonyl (C=O) groups excluding carboxylic acids is 1. The first-order valence-electron chi connectivity index (χ1n) is 9.55. The molecule has 1 aliphatic rings. The standard InChI is InChI=1S/C23H24ClN3O/c1-15(2)22-21-12-7-13-26(21)20-11-5-4-8-17(20)14-27(22)23(28)25-19-10-6-9-18(24)16(19)3/h4-13,15,22H,14H2,1-3H3,(H,25,28)/t22-/m1/s1. The molecule has 4 nitrogen and oxygen atoms in total. The molecule has 1 N–H and O–H groups in total. The lowest BCUT2D eigenvalue weighted by Gasteiger charge is -2.33. The van der Waals surface area contributed by atoms with Gasteiger partial charge in [0.1, 0.15) is 0 Å². The molecule has 0 radical (unpaired) electrons. The Labute approximate surface area is 170 Å². The average Bonchev–Trinajstić information content (AvgIpc) is 3.09. The van der Waals surface area contributed by atoms with Gasteiger partial charge in [-0.15, -0.1) is 0 Å². The Bertz CT molecular complexity index is 1020. The maximum Gasteiger partial charge on any atom is 0.322 e. The fourth-order valence-electron chi connectivity index (χ4n) is 4.01. The van der Waals surface area contributed by atoms with Crippen LogP contribution >= 0.6 is 11.6 Å². The van der Waals surface area contributed by atoms with Gasteiger partial charge < -0.3 is 14.8 Å². The maximum atomic E-state index is 13.4. The number of rotatable bonds is 2. The summed E-state index contributed by atoms with van der Waals surface area (Å²) in [5.74, 6) is 0.258. The summed E-state index contributed by atoms with van der Waals surface area (Å²) in [6, 6.07) is 17.8. The quantitative estimate of drug-likeness (QED) is 0.554. The molecule has 0 spiro atoms. The second-order valence-corrected chi connectivity index (χ2v) is 8.00. The van der Waals surface area contributed by atoms with E-state index in [-0.39, 0.29) is 18.0 Å². The van der Waals surface area contributed by atoms with Crippen molar-refractivity contribution in [3.63, 3.8) is 0 Å². The molecule has 1 aromatic heterocycles. The fraction of sp³-hybridized carbons (Fsp3) is 0.261. The van der Waals surface area contributed by atoms with Gasteiger partial charge in [-0.3, -0.25) is 0 Å². The minimum atomic E-state index is -0.117. The SMILES string of the molecule is Cc1c(Cl)cccc1NC(=O)N1Cc2ccccc2-n2cccc2[C@H]1C(C)C. The second-order valence-electron chi connectivity index (χ2n) is 7.59. The van der Waals surface area contributed by atoms with Gasteiger partial charge >= 0.3 is 6.03 Å². The highest BCUT2D eigenvalue weighted by atomic mass is 35.5. The molecule has 1 aliphatic heterocycles. The third kappa shape index (κ3) is 3.18. The lowest BCUT2D eigenvalue weighted by atomic mass is 9.99. The molecular weight excluding hydrogens is 370 g/mol. The Hall–Kier alpha value is -2.72. The second kappa shape index (κ2) is 7.36. The molecule has 0 unspecified atom stereocenters. The molecular formula is C23H24ClN3O. The first-order chi connectivity index (χ1) is 13.5. The Morgan fingerprint density at radius 2 is 1.89 bits per heavy atom. The van der Waals surface area contributed by atoms with Crippen LogP contribution in [0.4, 0.5) is 10.5 Å². The van der Waals surface area contributed by atoms with Crippen molar-refractivity contribution < 1.29 is 4.79 Å². The molecule has 3 aromatic rings. The third-order valence-electron chi connectivity index (χ3n) is 5.41. The van der Waals surface area contributed by atoms with Crippen LogP contribution in [0.1, 0.15) is 36.7 Å². The zero-order chi connectivity index (χ0) is 19.8. The van der Waals surface area contributed by atoms with Crippen molar-refractivity contribution >= 4 is 23.3 Å². The van der Waals surface area contributed by atoms with Crippen molar-refractivity contribution in [2.45, 2.75) is 33.4 Å². The van der Waals surface area contributed by atoms with Gasteiger partial charge in [0.2, 0.25) is 0 Å². The van der Waals surface area contributed by atoms with E-state index in [0.29, 0.717) is 11.6 Å². The van der Waals surface area contributed by atoms with Crippen molar-refractivity contribution in [1.82, 2.24) is 9.47 Å². The third-order valence-corrected chi connectivity index (χ3v) is 5.82. The molecule has 0 bridgehead atoms. The van der Waals surface area contributed by atoms with Gasteiger partial charge in [0, 0.05) is 22.6 Å². The Kier molecular flexibility index (Phi) is 4.90. The summed E-state index contributed by atoms with van der Waals surface area (Å²) in [6.45, 7) is 6.78. The number of amides is 2. The molecule has 5 heteroatoms. The minimum absolute atomic E-state index is 0.0399. The van der Waals surface area contributed by atoms with Crippen LogP contribution in [-0.2, 0) is 6.54 Å². The van der Waals surface area contributed by atoms with Gasteiger partial charge in [0.15, 0.2) is 0 Å². The highest BCUT2D eigenvalue weighted by molar-refractivity contribution is 6.31. The van der Waals surface area contributed by atoms with Crippen LogP contribution in [0.5, 0.6) is 0 Å². The number of carbonyl (C=O) groups is 1. The number of urea groups is 1. The summed E-state index contributed by atoms with van der Waals surface area (Å²) in [6.07, 6.45) is 2.08. The van der Waals surface area contributed by atoms with E-state index < -0.39 is 0 Å². The number of hydrogen-bond donors (Lipinski definition) is 1. The first kappa shape index (κ1) is 18.6. The van der Waals surface area contributed by atoms with Crippen LogP contribution in [0.2, 0.25) is 5.02 Å². The summed E-state index contributed by atoms with van der Waals surface area (Å²) in [7, 11) is 0. The first-order valence-corrected chi connectivity index (χ1v) is 9.93. The molecule has 0 saturated carbocycles. The van der Waals surface area contributed by atoms with Crippen LogP contribution in [0, 0.1) is 12.8 Å². The van der Waals surface area contributed by atoms with Gasteiger partial charge in [-0.2, -0.15) is 0 Å². The predicted molar refractivity (Wildman–Crippen MR) is 114 cm³/mol. The normalized spacial score (nSPS) is 15.8. The zero-order valence-corrected chi connectivity index (χ0v) is 17.1. The van der Waals surface area contributed by atoms with Crippen molar-refractivity contribution in [2.24, 2.45) is 5.92 Å². The van der Waals surface area contributed by atoms with Gasteiger partial charge in [-0.25, -0.2) is 4.79 Å². The van der Waals surface area contributed by atoms with E-state index in [1.165, 1.54) is 0 Å². The summed E-state index contributed by atoms with van der Waals surface area (Å²) in [5.41, 5.74) is 4.99. The predicted octanol–water partition coefficient (Wildman–Crippen LogP) is 6.18. The van der Waals surface area contributed by atoms with E-state index >= 15 is 0 Å². The van der Waals surface area contributed by atoms with E-state index in [9.17, 15) is 4.79 Å². The van der Waals surface area contributed by atoms with Gasteiger partial charge in [-0.1, -0.05) is 49.7 Å². The largest absolute Gasteiger partial charge is 0.322 e. The Morgan fingerprint density at radius 1 is 1.11 bits per heavy atom. The van der Waals surface area contributed by atoms with E-state index in [4.69, 9.17) is 11.6 Å². The molecule has 4 rings (SSSR count). The van der Waals surface area contributed by atoms with E-state index in [2.05, 4.69) is 48.1 Å². The molecule has 28 heavy (non-hydrogen) atoms. The van der Waals surface area contributed by atoms with E-state index in [0.717, 1.165) is 28.2 Å². The summed E-state index contributed by atoms with van der Waals surface area (Å²) >= 11 is 6.24. The number of para-hydroxylation sites is 1. The average molecular weight is 394 g/mol. The number of nitrogens with zero attached hydrogens (tertiary/aromatic N) is 2. The van der Waals surface area contributed by atoms with Crippen molar-refractivity contribution in [2.75, 3.05) is 5.32 Å². The van der Waals surface area contributed by atoms with Crippen molar-refractivity contribution in [3.05, 3.63) is 82.6 Å². The monoisotopic (exact) mass is 393 g/mol. The highest BCUT2D eigenvalue weighted by Crippen LogP contribution is 2.37. The number of halogens is 1. The van der Waals surface area contributed by atoms with Gasteiger partial charge in [0.05, 0.1) is 18.3 Å². The topological polar surface area (TPSA) is 37.3 Å². The Balaban J connectivity index is 1.77. The summed E-state index contributed by atoms with van der Waals surface area (Å²) in [4.78, 5) is 15.3. The Morgan fingerprint density at radius 3 is 2.68 bits per heavy atom. The zero-order valence-electron chi connectivity index (χ0n) is 16.3. The van der Waals surface area contributed by atoms with E-state index in [1.807, 2.05) is 48.2 Å². The smallest absolute Gasteiger partial charge is 0.318 e. The lowest BCUT2D eigenvalue weighted by Crippen LogP contribution is -2.39. The molecule has 0 aliphatic carbocycles. The van der Waals surface area contributed by atoms with Crippen LogP contribution in [0.3, 0.4) is 0 Å². The highest BCUT2D eigenvalue weighted by Gasteiger charge is 2.33. The van der Waals surface area contributed by atoms with Crippen LogP contribution < -0.4 is 5.32 Å².